The maximum absolute atomic E-state index is 14.1. The minimum Gasteiger partial charge on any atom is -0.479 e. The molecule has 358 valence electrons. The molecule has 5 heterocycles. The second kappa shape index (κ2) is 18.1. The summed E-state index contributed by atoms with van der Waals surface area (Å²) in [4.78, 5) is 78.4. The Morgan fingerprint density at radius 2 is 1.66 bits per heavy atom. The number of likely N-dealkylation sites (tertiary alicyclic amines) is 1. The van der Waals surface area contributed by atoms with E-state index in [1.54, 1.807) is 56.6 Å². The first-order valence-electron chi connectivity index (χ1n) is 22.6. The van der Waals surface area contributed by atoms with E-state index in [1.165, 1.54) is 0 Å². The molecule has 1 spiro atoms. The third-order valence-electron chi connectivity index (χ3n) is 13.8. The smallest absolute Gasteiger partial charge is 0.349 e. The first-order chi connectivity index (χ1) is 32.3. The summed E-state index contributed by atoms with van der Waals surface area (Å²) in [5.74, 6) is -3.70. The van der Waals surface area contributed by atoms with E-state index < -0.39 is 51.5 Å². The number of halogens is 1. The number of carboxylic acid groups (broad SMARTS) is 2. The predicted molar refractivity (Wildman–Crippen MR) is 255 cm³/mol. The van der Waals surface area contributed by atoms with Crippen molar-refractivity contribution >= 4 is 85.7 Å². The Balaban J connectivity index is 0.789. The molecule has 68 heavy (non-hydrogen) atoms. The molecule has 5 N–H and O–H groups in total. The molecule has 1 unspecified atom stereocenters. The van der Waals surface area contributed by atoms with Crippen molar-refractivity contribution in [1.29, 1.82) is 0 Å². The molecule has 1 saturated carbocycles. The van der Waals surface area contributed by atoms with Gasteiger partial charge >= 0.3 is 18.0 Å². The fraction of sp³-hybridized carbons (Fsp3) is 0.417. The number of aromatic carboxylic acids is 1. The SMILES string of the molecule is CC1(C)C[C@@H](Nc2cccc(-c3sc(C(=O)O)c(OCC(=O)O)c3Cl)c2)CCN1S(=O)(=O)Cc1cccc(NC(=O)N2CCC(c3ccc4c(c3)C3(CC3)C(=O)N4C3CCC(=O)NC3=O)CC2)c1. The zero-order chi connectivity index (χ0) is 48.3. The lowest BCUT2D eigenvalue weighted by atomic mass is 9.86. The number of carboxylic acids is 2. The third kappa shape index (κ3) is 9.15. The number of nitrogens with one attached hydrogen (secondary N) is 3. The molecule has 4 aromatic rings. The molecule has 2 atom stereocenters. The van der Waals surface area contributed by atoms with Crippen LogP contribution in [0.5, 0.6) is 5.75 Å². The van der Waals surface area contributed by atoms with Crippen LogP contribution in [0.1, 0.15) is 97.5 Å². The monoisotopic (exact) mass is 986 g/mol. The molecule has 4 aliphatic heterocycles. The molecule has 0 bridgehead atoms. The van der Waals surface area contributed by atoms with Crippen LogP contribution < -0.4 is 25.6 Å². The number of fused-ring (bicyclic) bond motifs is 2. The van der Waals surface area contributed by atoms with E-state index >= 15 is 0 Å². The number of rotatable bonds is 13. The minimum absolute atomic E-state index is 0.00127. The van der Waals surface area contributed by atoms with Crippen LogP contribution in [-0.4, -0.2) is 107 Å². The van der Waals surface area contributed by atoms with Gasteiger partial charge in [-0.15, -0.1) is 11.3 Å². The third-order valence-corrected chi connectivity index (χ3v) is 17.5. The van der Waals surface area contributed by atoms with Gasteiger partial charge in [-0.2, -0.15) is 4.31 Å². The summed E-state index contributed by atoms with van der Waals surface area (Å²) in [7, 11) is -3.81. The number of anilines is 3. The topological polar surface area (TPSA) is 232 Å². The molecule has 4 fully saturated rings. The molecule has 9 rings (SSSR count). The fourth-order valence-electron chi connectivity index (χ4n) is 10.3. The standard InChI is InChI=1S/C48H51ClN6O11S2/c1-47(2)24-33(50-32-8-4-6-30(22-32)41-39(49)40(66-25-38(57)58)42(67-41)44(60)61)15-20-54(47)68(64,65)26-27-5-3-7-31(21-27)51-46(63)53-18-13-28(14-19-53)29-9-10-35-34(23-29)48(16-17-48)45(62)55(35)36-11-12-37(56)52-43(36)59/h3-10,21-23,28,33,36,50H,11-20,24-26H2,1-2H3,(H,51,63)(H,57,58)(H,60,61)(H,52,56,59)/t33-,36?/m0/s1. The Labute approximate surface area is 401 Å². The molecular weight excluding hydrogens is 936 g/mol. The van der Waals surface area contributed by atoms with Crippen molar-refractivity contribution in [3.63, 3.8) is 0 Å². The summed E-state index contributed by atoms with van der Waals surface area (Å²) in [5, 5.41) is 27.6. The van der Waals surface area contributed by atoms with Crippen molar-refractivity contribution in [2.75, 3.05) is 41.8 Å². The number of sulfonamides is 1. The van der Waals surface area contributed by atoms with Crippen LogP contribution in [0.3, 0.4) is 0 Å². The van der Waals surface area contributed by atoms with Gasteiger partial charge in [0.1, 0.15) is 11.1 Å². The van der Waals surface area contributed by atoms with Crippen molar-refractivity contribution in [3.05, 3.63) is 93.3 Å². The van der Waals surface area contributed by atoms with Crippen LogP contribution in [-0.2, 0) is 40.4 Å². The Bertz CT molecular complexity index is 2860. The van der Waals surface area contributed by atoms with E-state index in [1.807, 2.05) is 32.0 Å². The van der Waals surface area contributed by atoms with Gasteiger partial charge in [0.15, 0.2) is 17.2 Å². The van der Waals surface area contributed by atoms with Gasteiger partial charge in [0.25, 0.3) is 0 Å². The van der Waals surface area contributed by atoms with Crippen molar-refractivity contribution in [2.24, 2.45) is 0 Å². The van der Waals surface area contributed by atoms with Gasteiger partial charge in [-0.25, -0.2) is 22.8 Å². The highest BCUT2D eigenvalue weighted by atomic mass is 35.5. The van der Waals surface area contributed by atoms with Gasteiger partial charge in [0, 0.05) is 54.7 Å². The quantitative estimate of drug-likeness (QED) is 0.0852. The van der Waals surface area contributed by atoms with Crippen LogP contribution >= 0.6 is 22.9 Å². The number of amides is 5. The summed E-state index contributed by atoms with van der Waals surface area (Å²) in [5.41, 5.74) is 3.74. The highest BCUT2D eigenvalue weighted by molar-refractivity contribution is 7.88. The van der Waals surface area contributed by atoms with Gasteiger partial charge in [0.2, 0.25) is 27.7 Å². The molecule has 3 saturated heterocycles. The number of benzene rings is 3. The number of nitrogens with zero attached hydrogens (tertiary/aromatic N) is 3. The molecule has 1 aliphatic carbocycles. The molecule has 0 radical (unpaired) electrons. The lowest BCUT2D eigenvalue weighted by molar-refractivity contribution is -0.139. The van der Waals surface area contributed by atoms with Crippen molar-refractivity contribution in [2.45, 2.75) is 99.9 Å². The maximum Gasteiger partial charge on any atom is 0.349 e. The second-order valence-corrected chi connectivity index (χ2v) is 22.1. The Hall–Kier alpha value is -6.02. The number of carbonyl (C=O) groups excluding carboxylic acids is 4. The number of thiophene rings is 1. The number of piperidine rings is 3. The van der Waals surface area contributed by atoms with E-state index in [9.17, 15) is 42.3 Å². The van der Waals surface area contributed by atoms with Gasteiger partial charge in [-0.1, -0.05) is 48.0 Å². The summed E-state index contributed by atoms with van der Waals surface area (Å²) < 4.78 is 34.9. The predicted octanol–water partition coefficient (Wildman–Crippen LogP) is 7.01. The maximum atomic E-state index is 14.1. The van der Waals surface area contributed by atoms with Crippen molar-refractivity contribution < 1.29 is 52.1 Å². The van der Waals surface area contributed by atoms with Crippen LogP contribution in [0.2, 0.25) is 5.02 Å². The number of aliphatic carboxylic acids is 1. The number of carbonyl (C=O) groups is 6. The van der Waals surface area contributed by atoms with Crippen molar-refractivity contribution in [1.82, 2.24) is 14.5 Å². The first kappa shape index (κ1) is 47.1. The zero-order valence-corrected chi connectivity index (χ0v) is 39.8. The van der Waals surface area contributed by atoms with Gasteiger partial charge in [-0.3, -0.25) is 24.6 Å². The molecular formula is C48H51ClN6O11S2. The second-order valence-electron chi connectivity index (χ2n) is 18.8. The van der Waals surface area contributed by atoms with Crippen LogP contribution in [0.25, 0.3) is 10.4 Å². The van der Waals surface area contributed by atoms with Crippen LogP contribution in [0.15, 0.2) is 66.7 Å². The van der Waals surface area contributed by atoms with Gasteiger partial charge in [-0.05, 0) is 117 Å². The van der Waals surface area contributed by atoms with E-state index in [-0.39, 0.29) is 64.2 Å². The highest BCUT2D eigenvalue weighted by Crippen LogP contribution is 2.59. The number of hydrogen-bond acceptors (Lipinski definition) is 11. The van der Waals surface area contributed by atoms with E-state index in [0.717, 1.165) is 41.0 Å². The summed E-state index contributed by atoms with van der Waals surface area (Å²) in [6.07, 6.45) is 4.34. The minimum atomic E-state index is -3.81. The molecule has 3 aromatic carbocycles. The Morgan fingerprint density at radius 1 is 0.926 bits per heavy atom. The summed E-state index contributed by atoms with van der Waals surface area (Å²) in [6, 6.07) is 19.0. The Kier molecular flexibility index (Phi) is 12.6. The average molecular weight is 988 g/mol. The first-order valence-corrected chi connectivity index (χ1v) is 25.4. The number of imide groups is 1. The van der Waals surface area contributed by atoms with Gasteiger partial charge in [0.05, 0.1) is 16.0 Å². The Morgan fingerprint density at radius 3 is 2.35 bits per heavy atom. The molecule has 5 aliphatic rings. The lowest BCUT2D eigenvalue weighted by Gasteiger charge is -2.45. The zero-order valence-electron chi connectivity index (χ0n) is 37.4. The molecule has 17 nitrogen and oxygen atoms in total. The van der Waals surface area contributed by atoms with Crippen LogP contribution in [0.4, 0.5) is 21.9 Å². The summed E-state index contributed by atoms with van der Waals surface area (Å²) >= 11 is 7.41. The number of ether oxygens (including phenoxy) is 1. The molecule has 5 amide bonds. The van der Waals surface area contributed by atoms with E-state index in [4.69, 9.17) is 21.4 Å². The van der Waals surface area contributed by atoms with E-state index in [2.05, 4.69) is 22.0 Å². The lowest BCUT2D eigenvalue weighted by Crippen LogP contribution is -2.55. The normalized spacial score (nSPS) is 21.3. The summed E-state index contributed by atoms with van der Waals surface area (Å²) in [6.45, 7) is 4.29. The fourth-order valence-corrected chi connectivity index (χ4v) is 13.7. The van der Waals surface area contributed by atoms with Crippen LogP contribution in [0, 0.1) is 0 Å². The molecule has 1 aromatic heterocycles. The van der Waals surface area contributed by atoms with E-state index in [0.29, 0.717) is 72.6 Å². The molecule has 20 heteroatoms. The van der Waals surface area contributed by atoms with Crippen molar-refractivity contribution in [3.8, 4) is 16.2 Å². The average Bonchev–Trinajstić information content (AvgIpc) is 3.97. The largest absolute Gasteiger partial charge is 0.479 e. The highest BCUT2D eigenvalue weighted by Gasteiger charge is 2.61. The van der Waals surface area contributed by atoms with Gasteiger partial charge < -0.3 is 30.5 Å². The number of hydrogen-bond donors (Lipinski definition) is 5. The number of urea groups is 1.